The van der Waals surface area contributed by atoms with Gasteiger partial charge in [-0.05, 0) is 18.4 Å². The molecule has 2 heterocycles. The lowest BCUT2D eigenvalue weighted by molar-refractivity contribution is -0.0113. The number of ether oxygens (including phenoxy) is 1. The first-order valence-electron chi connectivity index (χ1n) is 8.81. The second-order valence-electron chi connectivity index (χ2n) is 6.66. The molecule has 1 aromatic carbocycles. The maximum Gasteiger partial charge on any atom is 0.322 e. The predicted octanol–water partition coefficient (Wildman–Crippen LogP) is 2.83. The normalized spacial score (nSPS) is 20.3. The number of aromatic nitrogens is 2. The van der Waals surface area contributed by atoms with E-state index in [9.17, 15) is 4.79 Å². The van der Waals surface area contributed by atoms with E-state index in [2.05, 4.69) is 27.4 Å². The van der Waals surface area contributed by atoms with Gasteiger partial charge in [0.2, 0.25) is 0 Å². The summed E-state index contributed by atoms with van der Waals surface area (Å²) in [4.78, 5) is 23.0. The van der Waals surface area contributed by atoms with Crippen LogP contribution in [0.5, 0.6) is 0 Å². The number of hydrogen-bond donors (Lipinski definition) is 1. The van der Waals surface area contributed by atoms with Crippen molar-refractivity contribution in [2.45, 2.75) is 31.3 Å². The van der Waals surface area contributed by atoms with Crippen molar-refractivity contribution in [1.82, 2.24) is 14.9 Å². The molecule has 0 bridgehead atoms. The van der Waals surface area contributed by atoms with Crippen molar-refractivity contribution in [3.63, 3.8) is 0 Å². The smallest absolute Gasteiger partial charge is 0.322 e. The number of anilines is 1. The van der Waals surface area contributed by atoms with Gasteiger partial charge >= 0.3 is 6.03 Å². The molecule has 1 saturated carbocycles. The minimum absolute atomic E-state index is 0.0235. The first-order valence-corrected chi connectivity index (χ1v) is 8.81. The van der Waals surface area contributed by atoms with Crippen LogP contribution in [0.15, 0.2) is 42.7 Å². The topological polar surface area (TPSA) is 67.4 Å². The number of benzene rings is 1. The molecule has 4 rings (SSSR count). The van der Waals surface area contributed by atoms with Crippen LogP contribution in [0.4, 0.5) is 10.5 Å². The van der Waals surface area contributed by atoms with Gasteiger partial charge in [-0.15, -0.1) is 0 Å². The molecule has 1 unspecified atom stereocenters. The average Bonchev–Trinajstić information content (AvgIpc) is 3.49. The summed E-state index contributed by atoms with van der Waals surface area (Å²) in [5.41, 5.74) is 1.86. The average molecular weight is 338 g/mol. The zero-order valence-corrected chi connectivity index (χ0v) is 14.1. The van der Waals surface area contributed by atoms with E-state index < -0.39 is 0 Å². The fourth-order valence-electron chi connectivity index (χ4n) is 3.06. The van der Waals surface area contributed by atoms with Crippen molar-refractivity contribution in [3.05, 3.63) is 54.1 Å². The first-order chi connectivity index (χ1) is 12.3. The monoisotopic (exact) mass is 338 g/mol. The molecule has 1 atom stereocenters. The summed E-state index contributed by atoms with van der Waals surface area (Å²) < 4.78 is 5.82. The van der Waals surface area contributed by atoms with E-state index in [4.69, 9.17) is 4.74 Å². The lowest BCUT2D eigenvalue weighted by Gasteiger charge is -2.33. The number of rotatable bonds is 4. The van der Waals surface area contributed by atoms with Crippen molar-refractivity contribution in [3.8, 4) is 0 Å². The van der Waals surface area contributed by atoms with Gasteiger partial charge in [0, 0.05) is 25.4 Å². The van der Waals surface area contributed by atoms with Crippen LogP contribution in [0, 0.1) is 0 Å². The van der Waals surface area contributed by atoms with Crippen LogP contribution >= 0.6 is 0 Å². The predicted molar refractivity (Wildman–Crippen MR) is 94.5 cm³/mol. The summed E-state index contributed by atoms with van der Waals surface area (Å²) in [5, 5.41) is 2.89. The Bertz CT molecular complexity index is 716. The van der Waals surface area contributed by atoms with Crippen molar-refractivity contribution >= 4 is 11.7 Å². The largest absolute Gasteiger partial charge is 0.374 e. The van der Waals surface area contributed by atoms with E-state index >= 15 is 0 Å². The fraction of sp³-hybridized carbons (Fsp3) is 0.421. The maximum absolute atomic E-state index is 12.5. The molecule has 2 aliphatic rings. The second kappa shape index (κ2) is 7.19. The Labute approximate surface area is 147 Å². The van der Waals surface area contributed by atoms with Crippen LogP contribution in [0.1, 0.15) is 30.1 Å². The number of nitrogens with one attached hydrogen (secondary N) is 1. The highest BCUT2D eigenvalue weighted by molar-refractivity contribution is 5.89. The van der Waals surface area contributed by atoms with Crippen molar-refractivity contribution < 1.29 is 9.53 Å². The van der Waals surface area contributed by atoms with E-state index in [0.717, 1.165) is 12.2 Å². The zero-order valence-electron chi connectivity index (χ0n) is 14.1. The molecule has 0 spiro atoms. The van der Waals surface area contributed by atoms with Crippen LogP contribution in [-0.2, 0) is 11.2 Å². The lowest BCUT2D eigenvalue weighted by atomic mass is 10.1. The van der Waals surface area contributed by atoms with Gasteiger partial charge in [-0.3, -0.25) is 0 Å². The Balaban J connectivity index is 1.33. The third-order valence-electron chi connectivity index (χ3n) is 4.60. The lowest BCUT2D eigenvalue weighted by Crippen LogP contribution is -2.48. The second-order valence-corrected chi connectivity index (χ2v) is 6.66. The summed E-state index contributed by atoms with van der Waals surface area (Å²) in [7, 11) is 0. The van der Waals surface area contributed by atoms with E-state index in [0.29, 0.717) is 31.3 Å². The number of nitrogens with zero attached hydrogens (tertiary/aromatic N) is 3. The van der Waals surface area contributed by atoms with Crippen molar-refractivity contribution in [2.24, 2.45) is 0 Å². The molecule has 2 amide bonds. The molecule has 1 N–H and O–H groups in total. The highest BCUT2D eigenvalue weighted by Crippen LogP contribution is 2.37. The van der Waals surface area contributed by atoms with Gasteiger partial charge in [-0.2, -0.15) is 0 Å². The van der Waals surface area contributed by atoms with Gasteiger partial charge < -0.3 is 15.0 Å². The minimum Gasteiger partial charge on any atom is -0.374 e. The number of carbonyl (C=O) groups excluding carboxylic acids is 1. The number of morpholine rings is 1. The summed E-state index contributed by atoms with van der Waals surface area (Å²) in [5.74, 6) is 1.40. The third-order valence-corrected chi connectivity index (χ3v) is 4.60. The molecular weight excluding hydrogens is 316 g/mol. The van der Waals surface area contributed by atoms with Gasteiger partial charge in [0.25, 0.3) is 0 Å². The molecule has 2 fully saturated rings. The molecule has 1 saturated heterocycles. The molecule has 0 radical (unpaired) electrons. The van der Waals surface area contributed by atoms with Crippen molar-refractivity contribution in [2.75, 3.05) is 25.0 Å². The molecule has 130 valence electrons. The van der Waals surface area contributed by atoms with Crippen LogP contribution < -0.4 is 5.32 Å². The number of carbonyl (C=O) groups is 1. The van der Waals surface area contributed by atoms with Gasteiger partial charge in [0.15, 0.2) is 0 Å². The molecule has 2 aromatic rings. The fourth-order valence-corrected chi connectivity index (χ4v) is 3.06. The Hall–Kier alpha value is -2.47. The minimum atomic E-state index is -0.121. The zero-order chi connectivity index (χ0) is 17.1. The summed E-state index contributed by atoms with van der Waals surface area (Å²) in [6.07, 6.45) is 6.56. The summed E-state index contributed by atoms with van der Waals surface area (Å²) >= 11 is 0. The number of hydrogen-bond acceptors (Lipinski definition) is 4. The van der Waals surface area contributed by atoms with Gasteiger partial charge in [0.05, 0.1) is 30.8 Å². The summed E-state index contributed by atoms with van der Waals surface area (Å²) in [6, 6.07) is 10.1. The van der Waals surface area contributed by atoms with Gasteiger partial charge in [0.1, 0.15) is 5.82 Å². The third kappa shape index (κ3) is 4.14. The molecule has 1 aliphatic heterocycles. The van der Waals surface area contributed by atoms with Crippen molar-refractivity contribution in [1.29, 1.82) is 0 Å². The highest BCUT2D eigenvalue weighted by atomic mass is 16.5. The first kappa shape index (κ1) is 16.0. The van der Waals surface area contributed by atoms with E-state index in [-0.39, 0.29) is 12.1 Å². The maximum atomic E-state index is 12.5. The van der Waals surface area contributed by atoms with Gasteiger partial charge in [-0.1, -0.05) is 30.3 Å². The Morgan fingerprint density at radius 3 is 2.68 bits per heavy atom. The summed E-state index contributed by atoms with van der Waals surface area (Å²) in [6.45, 7) is 1.74. The molecule has 6 heteroatoms. The van der Waals surface area contributed by atoms with Crippen LogP contribution in [0.3, 0.4) is 0 Å². The van der Waals surface area contributed by atoms with Crippen LogP contribution in [0.25, 0.3) is 0 Å². The Morgan fingerprint density at radius 1 is 1.20 bits per heavy atom. The van der Waals surface area contributed by atoms with E-state index in [1.54, 1.807) is 17.3 Å². The van der Waals surface area contributed by atoms with Crippen LogP contribution in [-0.4, -0.2) is 46.7 Å². The highest BCUT2D eigenvalue weighted by Gasteiger charge is 2.27. The SMILES string of the molecule is O=C(Nc1cnc(C2CC2)nc1)N1CCOC(Cc2ccccc2)C1. The molecular formula is C19H22N4O2. The molecule has 1 aliphatic carbocycles. The number of amides is 2. The van der Waals surface area contributed by atoms with Gasteiger partial charge in [-0.25, -0.2) is 14.8 Å². The van der Waals surface area contributed by atoms with E-state index in [1.807, 2.05) is 18.2 Å². The quantitative estimate of drug-likeness (QED) is 0.931. The van der Waals surface area contributed by atoms with E-state index in [1.165, 1.54) is 18.4 Å². The Kier molecular flexibility index (Phi) is 4.61. The Morgan fingerprint density at radius 2 is 1.96 bits per heavy atom. The molecule has 1 aromatic heterocycles. The molecule has 25 heavy (non-hydrogen) atoms. The van der Waals surface area contributed by atoms with Crippen LogP contribution in [0.2, 0.25) is 0 Å². The molecule has 6 nitrogen and oxygen atoms in total. The number of urea groups is 1. The standard InChI is InChI=1S/C19H22N4O2/c24-19(22-16-11-20-18(21-12-16)15-6-7-15)23-8-9-25-17(13-23)10-14-4-2-1-3-5-14/h1-5,11-12,15,17H,6-10,13H2,(H,22,24).